The van der Waals surface area contributed by atoms with Crippen LogP contribution in [-0.2, 0) is 14.3 Å². The summed E-state index contributed by atoms with van der Waals surface area (Å²) in [6, 6.07) is 0.344. The van der Waals surface area contributed by atoms with Crippen LogP contribution in [0.15, 0.2) is 0 Å². The molecule has 0 aromatic carbocycles. The molecule has 132 valence electrons. The smallest absolute Gasteiger partial charge is 0.225 e. The van der Waals surface area contributed by atoms with E-state index in [1.54, 1.807) is 7.11 Å². The summed E-state index contributed by atoms with van der Waals surface area (Å²) in [6.45, 7) is 4.99. The van der Waals surface area contributed by atoms with Gasteiger partial charge in [0.15, 0.2) is 0 Å². The molecule has 1 aliphatic heterocycles. The average Bonchev–Trinajstić information content (AvgIpc) is 2.82. The van der Waals surface area contributed by atoms with Crippen molar-refractivity contribution in [3.8, 4) is 0 Å². The molecule has 2 amide bonds. The van der Waals surface area contributed by atoms with Gasteiger partial charge in [-0.3, -0.25) is 9.59 Å². The summed E-state index contributed by atoms with van der Waals surface area (Å²) in [7, 11) is 1.65. The quantitative estimate of drug-likeness (QED) is 0.791. The third-order valence-electron chi connectivity index (χ3n) is 5.32. The fraction of sp³-hybridized carbons (Fsp3) is 0.889. The van der Waals surface area contributed by atoms with Crippen LogP contribution in [0.25, 0.3) is 0 Å². The molecule has 0 unspecified atom stereocenters. The second-order valence-electron chi connectivity index (χ2n) is 7.61. The highest BCUT2D eigenvalue weighted by atomic mass is 16.5. The lowest BCUT2D eigenvalue weighted by Crippen LogP contribution is -2.51. The number of nitrogens with one attached hydrogen (secondary N) is 1. The minimum Gasteiger partial charge on any atom is -0.377 e. The Morgan fingerprint density at radius 1 is 1.22 bits per heavy atom. The van der Waals surface area contributed by atoms with Gasteiger partial charge >= 0.3 is 0 Å². The van der Waals surface area contributed by atoms with Crippen molar-refractivity contribution < 1.29 is 14.3 Å². The Morgan fingerprint density at radius 3 is 2.48 bits per heavy atom. The van der Waals surface area contributed by atoms with Crippen LogP contribution in [0.1, 0.15) is 65.2 Å². The molecule has 2 rings (SSSR count). The molecule has 0 radical (unpaired) electrons. The summed E-state index contributed by atoms with van der Waals surface area (Å²) >= 11 is 0. The van der Waals surface area contributed by atoms with E-state index in [1.807, 2.05) is 18.7 Å². The highest BCUT2D eigenvalue weighted by molar-refractivity contribution is 5.84. The van der Waals surface area contributed by atoms with Crippen LogP contribution in [0.2, 0.25) is 0 Å². The van der Waals surface area contributed by atoms with E-state index >= 15 is 0 Å². The zero-order chi connectivity index (χ0) is 16.9. The van der Waals surface area contributed by atoms with Crippen LogP contribution in [0.5, 0.6) is 0 Å². The zero-order valence-corrected chi connectivity index (χ0v) is 14.9. The molecule has 2 fully saturated rings. The number of nitrogens with zero attached hydrogens (tertiary/aromatic N) is 1. The summed E-state index contributed by atoms with van der Waals surface area (Å²) in [6.07, 6.45) is 8.31. The van der Waals surface area contributed by atoms with Crippen LogP contribution >= 0.6 is 0 Å². The van der Waals surface area contributed by atoms with Gasteiger partial charge in [0.05, 0.1) is 11.5 Å². The van der Waals surface area contributed by atoms with E-state index in [2.05, 4.69) is 5.32 Å². The first-order chi connectivity index (χ1) is 10.9. The second-order valence-corrected chi connectivity index (χ2v) is 7.61. The van der Waals surface area contributed by atoms with Gasteiger partial charge < -0.3 is 15.0 Å². The standard InChI is InChI=1S/C18H32N2O3/c1-18(2,23-3)13-19-17(22)14-10-11-16(21)20(12-14)15-8-6-4-5-7-9-15/h14-15H,4-13H2,1-3H3,(H,19,22)/t14-/m1/s1. The lowest BCUT2D eigenvalue weighted by molar-refractivity contribution is -0.141. The van der Waals surface area contributed by atoms with E-state index in [4.69, 9.17) is 4.74 Å². The van der Waals surface area contributed by atoms with Crippen molar-refractivity contribution in [3.63, 3.8) is 0 Å². The predicted octanol–water partition coefficient (Wildman–Crippen LogP) is 2.49. The maximum atomic E-state index is 12.5. The number of ether oxygens (including phenoxy) is 1. The average molecular weight is 324 g/mol. The van der Waals surface area contributed by atoms with Crippen LogP contribution < -0.4 is 5.32 Å². The maximum Gasteiger partial charge on any atom is 0.225 e. The highest BCUT2D eigenvalue weighted by Crippen LogP contribution is 2.27. The topological polar surface area (TPSA) is 58.6 Å². The number of hydrogen-bond donors (Lipinski definition) is 1. The molecule has 1 N–H and O–H groups in total. The fourth-order valence-electron chi connectivity index (χ4n) is 3.52. The van der Waals surface area contributed by atoms with Crippen LogP contribution in [-0.4, -0.2) is 48.6 Å². The van der Waals surface area contributed by atoms with Crippen molar-refractivity contribution >= 4 is 11.8 Å². The van der Waals surface area contributed by atoms with Crippen LogP contribution in [0.4, 0.5) is 0 Å². The minimum absolute atomic E-state index is 0.0567. The molecule has 23 heavy (non-hydrogen) atoms. The largest absolute Gasteiger partial charge is 0.377 e. The summed E-state index contributed by atoms with van der Waals surface area (Å²) in [4.78, 5) is 26.8. The first-order valence-corrected chi connectivity index (χ1v) is 9.05. The zero-order valence-electron chi connectivity index (χ0n) is 14.9. The highest BCUT2D eigenvalue weighted by Gasteiger charge is 2.34. The molecule has 1 aliphatic carbocycles. The van der Waals surface area contributed by atoms with E-state index in [1.165, 1.54) is 25.7 Å². The lowest BCUT2D eigenvalue weighted by Gasteiger charge is -2.38. The Labute approximate surface area is 140 Å². The van der Waals surface area contributed by atoms with Crippen LogP contribution in [0, 0.1) is 5.92 Å². The van der Waals surface area contributed by atoms with Gasteiger partial charge in [-0.05, 0) is 33.1 Å². The molecule has 0 bridgehead atoms. The normalized spacial score (nSPS) is 24.4. The van der Waals surface area contributed by atoms with E-state index < -0.39 is 0 Å². The van der Waals surface area contributed by atoms with Crippen molar-refractivity contribution in [2.75, 3.05) is 20.2 Å². The Bertz CT molecular complexity index is 414. The van der Waals surface area contributed by atoms with E-state index in [-0.39, 0.29) is 23.3 Å². The van der Waals surface area contributed by atoms with Gasteiger partial charge in [0.1, 0.15) is 0 Å². The number of likely N-dealkylation sites (tertiary alicyclic amines) is 1. The number of hydrogen-bond acceptors (Lipinski definition) is 3. The molecular weight excluding hydrogens is 292 g/mol. The Morgan fingerprint density at radius 2 is 1.87 bits per heavy atom. The van der Waals surface area contributed by atoms with Crippen molar-refractivity contribution in [1.82, 2.24) is 10.2 Å². The first-order valence-electron chi connectivity index (χ1n) is 9.05. The molecule has 0 aromatic heterocycles. The van der Waals surface area contributed by atoms with Gasteiger partial charge in [-0.1, -0.05) is 25.7 Å². The van der Waals surface area contributed by atoms with Gasteiger partial charge in [-0.2, -0.15) is 0 Å². The number of carbonyl (C=O) groups is 2. The lowest BCUT2D eigenvalue weighted by atomic mass is 9.93. The van der Waals surface area contributed by atoms with Gasteiger partial charge in [-0.15, -0.1) is 0 Å². The number of carbonyl (C=O) groups excluding carboxylic acids is 2. The minimum atomic E-state index is -0.360. The molecule has 5 heteroatoms. The number of piperidine rings is 1. The van der Waals surface area contributed by atoms with Crippen molar-refractivity contribution in [2.45, 2.75) is 76.9 Å². The number of rotatable bonds is 5. The Kier molecular flexibility index (Phi) is 6.45. The second kappa shape index (κ2) is 8.13. The van der Waals surface area contributed by atoms with Gasteiger partial charge in [0, 0.05) is 32.7 Å². The third-order valence-corrected chi connectivity index (χ3v) is 5.32. The van der Waals surface area contributed by atoms with Crippen molar-refractivity contribution in [3.05, 3.63) is 0 Å². The molecule has 1 saturated heterocycles. The summed E-state index contributed by atoms with van der Waals surface area (Å²) in [5.41, 5.74) is -0.360. The van der Waals surface area contributed by atoms with Gasteiger partial charge in [0.2, 0.25) is 11.8 Å². The molecule has 0 aromatic rings. The number of methoxy groups -OCH3 is 1. The summed E-state index contributed by atoms with van der Waals surface area (Å²) in [5, 5.41) is 2.99. The summed E-state index contributed by atoms with van der Waals surface area (Å²) in [5.74, 6) is 0.211. The van der Waals surface area contributed by atoms with Gasteiger partial charge in [-0.25, -0.2) is 0 Å². The van der Waals surface area contributed by atoms with Crippen LogP contribution in [0.3, 0.4) is 0 Å². The fourth-order valence-corrected chi connectivity index (χ4v) is 3.52. The molecule has 1 atom stereocenters. The van der Waals surface area contributed by atoms with Crippen molar-refractivity contribution in [2.24, 2.45) is 5.92 Å². The molecule has 0 spiro atoms. The summed E-state index contributed by atoms with van der Waals surface area (Å²) < 4.78 is 5.34. The molecule has 2 aliphatic rings. The van der Waals surface area contributed by atoms with Gasteiger partial charge in [0.25, 0.3) is 0 Å². The van der Waals surface area contributed by atoms with Crippen molar-refractivity contribution in [1.29, 1.82) is 0 Å². The predicted molar refractivity (Wildman–Crippen MR) is 90.0 cm³/mol. The van der Waals surface area contributed by atoms with E-state index in [9.17, 15) is 9.59 Å². The first kappa shape index (κ1) is 18.2. The van der Waals surface area contributed by atoms with E-state index in [0.29, 0.717) is 32.0 Å². The Balaban J connectivity index is 1.91. The molecular formula is C18H32N2O3. The number of amides is 2. The Hall–Kier alpha value is -1.10. The molecule has 5 nitrogen and oxygen atoms in total. The monoisotopic (exact) mass is 324 g/mol. The third kappa shape index (κ3) is 5.20. The SMILES string of the molecule is COC(C)(C)CNC(=O)[C@@H]1CCC(=O)N(C2CCCCCC2)C1. The maximum absolute atomic E-state index is 12.5. The molecule has 1 saturated carbocycles. The van der Waals surface area contributed by atoms with E-state index in [0.717, 1.165) is 12.8 Å². The molecule has 1 heterocycles.